The summed E-state index contributed by atoms with van der Waals surface area (Å²) in [4.78, 5) is 15.6. The number of ketones is 1. The molecule has 0 saturated carbocycles. The molecule has 1 aromatic heterocycles. The van der Waals surface area contributed by atoms with Crippen LogP contribution in [0.5, 0.6) is 0 Å². The van der Waals surface area contributed by atoms with E-state index in [0.29, 0.717) is 18.9 Å². The predicted molar refractivity (Wildman–Crippen MR) is 49.5 cm³/mol. The van der Waals surface area contributed by atoms with Gasteiger partial charge in [0.25, 0.3) is 0 Å². The van der Waals surface area contributed by atoms with E-state index in [2.05, 4.69) is 15.4 Å². The largest absolute Gasteiger partial charge is 0.321 e. The first-order chi connectivity index (χ1) is 6.84. The molecule has 1 aliphatic heterocycles. The van der Waals surface area contributed by atoms with Crippen molar-refractivity contribution in [2.75, 3.05) is 5.32 Å². The minimum absolute atomic E-state index is 0.209. The lowest BCUT2D eigenvalue weighted by Gasteiger charge is -2.24. The molecular formula is C9H10N4O. The van der Waals surface area contributed by atoms with Crippen LogP contribution in [0.3, 0.4) is 0 Å². The Kier molecular flexibility index (Phi) is 1.47. The van der Waals surface area contributed by atoms with Crippen LogP contribution in [0.4, 0.5) is 5.95 Å². The molecule has 0 amide bonds. The number of anilines is 1. The van der Waals surface area contributed by atoms with Gasteiger partial charge in [0, 0.05) is 6.42 Å². The summed E-state index contributed by atoms with van der Waals surface area (Å²) in [5, 5.41) is 7.12. The molecule has 0 radical (unpaired) electrons. The van der Waals surface area contributed by atoms with Crippen LogP contribution < -0.4 is 5.32 Å². The molecule has 0 fully saturated rings. The van der Waals surface area contributed by atoms with Crippen LogP contribution in [0.1, 0.15) is 19.3 Å². The van der Waals surface area contributed by atoms with Crippen molar-refractivity contribution in [2.24, 2.45) is 0 Å². The maximum Gasteiger partial charge on any atom is 0.226 e. The maximum absolute atomic E-state index is 11.6. The van der Waals surface area contributed by atoms with Crippen molar-refractivity contribution < 1.29 is 4.79 Å². The van der Waals surface area contributed by atoms with Gasteiger partial charge in [0.05, 0.1) is 12.2 Å². The summed E-state index contributed by atoms with van der Waals surface area (Å²) in [6.45, 7) is 0.712. The number of nitrogens with zero attached hydrogens (tertiary/aromatic N) is 3. The fourth-order valence-electron chi connectivity index (χ4n) is 1.99. The second-order valence-corrected chi connectivity index (χ2v) is 3.62. The number of hydrogen-bond acceptors (Lipinski definition) is 4. The van der Waals surface area contributed by atoms with Gasteiger partial charge in [-0.05, 0) is 18.4 Å². The summed E-state index contributed by atoms with van der Waals surface area (Å²) in [5.74, 6) is 0.888. The third kappa shape index (κ3) is 0.982. The average Bonchev–Trinajstić information content (AvgIpc) is 2.62. The van der Waals surface area contributed by atoms with Gasteiger partial charge in [0.15, 0.2) is 5.78 Å². The molecule has 2 heterocycles. The molecule has 5 nitrogen and oxygen atoms in total. The Morgan fingerprint density at radius 3 is 3.29 bits per heavy atom. The Bertz CT molecular complexity index is 432. The molecule has 5 heteroatoms. The number of nitrogens with one attached hydrogen (secondary N) is 1. The first-order valence-corrected chi connectivity index (χ1v) is 4.74. The first-order valence-electron chi connectivity index (χ1n) is 4.74. The summed E-state index contributed by atoms with van der Waals surface area (Å²) in [6, 6.07) is 0. The fraction of sp³-hybridized carbons (Fsp3) is 0.444. The minimum Gasteiger partial charge on any atom is -0.321 e. The van der Waals surface area contributed by atoms with Gasteiger partial charge in [-0.3, -0.25) is 4.79 Å². The van der Waals surface area contributed by atoms with Crippen molar-refractivity contribution in [3.63, 3.8) is 0 Å². The van der Waals surface area contributed by atoms with Crippen LogP contribution >= 0.6 is 0 Å². The number of fused-ring (bicyclic) bond motifs is 1. The number of carbonyl (C=O) groups excluding carboxylic acids is 1. The summed E-state index contributed by atoms with van der Waals surface area (Å²) in [5.41, 5.74) is 1.93. The molecule has 1 aliphatic carbocycles. The SMILES string of the molecule is O=C1CCCC2=C1Nc1ncnn1C2. The molecule has 0 spiro atoms. The highest BCUT2D eigenvalue weighted by Crippen LogP contribution is 2.28. The third-order valence-corrected chi connectivity index (χ3v) is 2.71. The Hall–Kier alpha value is -1.65. The molecule has 0 atom stereocenters. The predicted octanol–water partition coefficient (Wildman–Crippen LogP) is 0.711. The average molecular weight is 190 g/mol. The third-order valence-electron chi connectivity index (χ3n) is 2.71. The smallest absolute Gasteiger partial charge is 0.226 e. The van der Waals surface area contributed by atoms with Crippen LogP contribution in [-0.4, -0.2) is 20.5 Å². The first kappa shape index (κ1) is 7.73. The van der Waals surface area contributed by atoms with Crippen molar-refractivity contribution in [3.8, 4) is 0 Å². The van der Waals surface area contributed by atoms with Gasteiger partial charge >= 0.3 is 0 Å². The van der Waals surface area contributed by atoms with Crippen LogP contribution in [0, 0.1) is 0 Å². The van der Waals surface area contributed by atoms with Gasteiger partial charge in [-0.25, -0.2) is 4.68 Å². The zero-order valence-corrected chi connectivity index (χ0v) is 7.66. The highest BCUT2D eigenvalue weighted by atomic mass is 16.1. The number of allylic oxidation sites excluding steroid dienone is 2. The summed E-state index contributed by atoms with van der Waals surface area (Å²) in [6.07, 6.45) is 4.11. The second-order valence-electron chi connectivity index (χ2n) is 3.62. The monoisotopic (exact) mass is 190 g/mol. The van der Waals surface area contributed by atoms with Crippen LogP contribution in [0.2, 0.25) is 0 Å². The van der Waals surface area contributed by atoms with Crippen molar-refractivity contribution in [3.05, 3.63) is 17.6 Å². The Morgan fingerprint density at radius 1 is 1.43 bits per heavy atom. The molecule has 0 saturated heterocycles. The van der Waals surface area contributed by atoms with E-state index in [1.54, 1.807) is 4.68 Å². The summed E-state index contributed by atoms with van der Waals surface area (Å²) >= 11 is 0. The fourth-order valence-corrected chi connectivity index (χ4v) is 1.99. The number of carbonyl (C=O) groups is 1. The zero-order valence-electron chi connectivity index (χ0n) is 7.66. The van der Waals surface area contributed by atoms with Gasteiger partial charge in [0.1, 0.15) is 6.33 Å². The molecule has 0 bridgehead atoms. The molecule has 2 aliphatic rings. The van der Waals surface area contributed by atoms with E-state index in [9.17, 15) is 4.79 Å². The normalized spacial score (nSPS) is 20.1. The van der Waals surface area contributed by atoms with E-state index >= 15 is 0 Å². The van der Waals surface area contributed by atoms with Crippen molar-refractivity contribution in [1.82, 2.24) is 14.8 Å². The number of aromatic nitrogens is 3. The molecule has 0 aromatic carbocycles. The van der Waals surface area contributed by atoms with Crippen LogP contribution in [-0.2, 0) is 11.3 Å². The highest BCUT2D eigenvalue weighted by molar-refractivity contribution is 5.99. The molecule has 72 valence electrons. The minimum atomic E-state index is 0.209. The van der Waals surface area contributed by atoms with E-state index in [1.807, 2.05) is 0 Å². The maximum atomic E-state index is 11.6. The van der Waals surface area contributed by atoms with Gasteiger partial charge < -0.3 is 5.32 Å². The van der Waals surface area contributed by atoms with E-state index in [4.69, 9.17) is 0 Å². The number of rotatable bonds is 0. The van der Waals surface area contributed by atoms with Gasteiger partial charge in [0.2, 0.25) is 5.95 Å². The highest BCUT2D eigenvalue weighted by Gasteiger charge is 2.26. The lowest BCUT2D eigenvalue weighted by atomic mass is 9.94. The Balaban J connectivity index is 2.04. The molecule has 3 rings (SSSR count). The zero-order chi connectivity index (χ0) is 9.54. The van der Waals surface area contributed by atoms with Gasteiger partial charge in [-0.1, -0.05) is 0 Å². The van der Waals surface area contributed by atoms with Crippen molar-refractivity contribution in [1.29, 1.82) is 0 Å². The van der Waals surface area contributed by atoms with Crippen LogP contribution in [0.15, 0.2) is 17.6 Å². The lowest BCUT2D eigenvalue weighted by molar-refractivity contribution is -0.116. The molecular weight excluding hydrogens is 180 g/mol. The van der Waals surface area contributed by atoms with E-state index in [-0.39, 0.29) is 5.78 Å². The summed E-state index contributed by atoms with van der Waals surface area (Å²) in [7, 11) is 0. The molecule has 1 N–H and O–H groups in total. The molecule has 0 unspecified atom stereocenters. The van der Waals surface area contributed by atoms with Gasteiger partial charge in [-0.2, -0.15) is 10.1 Å². The van der Waals surface area contributed by atoms with Crippen LogP contribution in [0.25, 0.3) is 0 Å². The van der Waals surface area contributed by atoms with Gasteiger partial charge in [-0.15, -0.1) is 0 Å². The number of Topliss-reactive ketones (excluding diaryl/α,β-unsaturated/α-hetero) is 1. The van der Waals surface area contributed by atoms with Crippen molar-refractivity contribution >= 4 is 11.7 Å². The molecule has 1 aromatic rings. The standard InChI is InChI=1S/C9H10N4O/c14-7-3-1-2-6-4-13-9(10-5-11-13)12-8(6)7/h5H,1-4H2,(H,10,11,12). The molecule has 14 heavy (non-hydrogen) atoms. The van der Waals surface area contributed by atoms with E-state index in [1.165, 1.54) is 11.9 Å². The Labute approximate surface area is 80.8 Å². The quantitative estimate of drug-likeness (QED) is 0.654. The van der Waals surface area contributed by atoms with Crippen molar-refractivity contribution in [2.45, 2.75) is 25.8 Å². The lowest BCUT2D eigenvalue weighted by Crippen LogP contribution is -2.26. The second kappa shape index (κ2) is 2.67. The van der Waals surface area contributed by atoms with E-state index in [0.717, 1.165) is 18.5 Å². The van der Waals surface area contributed by atoms with E-state index < -0.39 is 0 Å². The Morgan fingerprint density at radius 2 is 2.36 bits per heavy atom. The summed E-state index contributed by atoms with van der Waals surface area (Å²) < 4.78 is 1.79. The number of hydrogen-bond donors (Lipinski definition) is 1. The topological polar surface area (TPSA) is 59.8 Å².